The molecule has 2 amide bonds. The van der Waals surface area contributed by atoms with E-state index in [1.165, 1.54) is 0 Å². The molecule has 0 spiro atoms. The van der Waals surface area contributed by atoms with Gasteiger partial charge >= 0.3 is 19.3 Å². The van der Waals surface area contributed by atoms with Crippen LogP contribution >= 0.6 is 0 Å². The van der Waals surface area contributed by atoms with Crippen LogP contribution in [0.4, 0.5) is 42.5 Å². The summed E-state index contributed by atoms with van der Waals surface area (Å²) in [6.45, 7) is 6.92. The van der Waals surface area contributed by atoms with Crippen molar-refractivity contribution in [3.05, 3.63) is 53.3 Å². The zero-order valence-electron chi connectivity index (χ0n) is 17.5. The smallest absolute Gasteiger partial charge is 0.399 e. The van der Waals surface area contributed by atoms with Crippen LogP contribution in [0.15, 0.2) is 30.3 Å². The van der Waals surface area contributed by atoms with Crippen molar-refractivity contribution in [3.8, 4) is 0 Å². The summed E-state index contributed by atoms with van der Waals surface area (Å²) in [7, 11) is -1.20. The number of carbonyl (C=O) groups excluding carboxylic acids is 1. The Bertz CT molecular complexity index is 1040. The number of carbonyl (C=O) groups is 1. The number of rotatable bonds is 3. The van der Waals surface area contributed by atoms with E-state index in [1.54, 1.807) is 27.7 Å². The quantitative estimate of drug-likeness (QED) is 0.497. The highest BCUT2D eigenvalue weighted by Crippen LogP contribution is 2.37. The maximum atomic E-state index is 14.6. The number of alkyl halides is 3. The Morgan fingerprint density at radius 2 is 1.47 bits per heavy atom. The van der Waals surface area contributed by atoms with E-state index in [0.29, 0.717) is 12.1 Å². The van der Waals surface area contributed by atoms with Gasteiger partial charge in [0.15, 0.2) is 5.82 Å². The molecule has 0 aliphatic carbocycles. The van der Waals surface area contributed by atoms with Gasteiger partial charge in [0.05, 0.1) is 28.1 Å². The molecule has 1 heterocycles. The Balaban J connectivity index is 1.78. The SMILES string of the molecule is CC1(C)OB(c2cc(F)c(NC(=O)Nc3cccc(C(F)(F)F)c3F)cc2F)OC1(C)C. The molecular weight excluding hydrogens is 441 g/mol. The molecule has 0 saturated carbocycles. The molecule has 1 fully saturated rings. The van der Waals surface area contributed by atoms with E-state index in [9.17, 15) is 31.1 Å². The summed E-state index contributed by atoms with van der Waals surface area (Å²) in [5.74, 6) is -3.72. The van der Waals surface area contributed by atoms with Gasteiger partial charge in [0.2, 0.25) is 0 Å². The highest BCUT2D eigenvalue weighted by Gasteiger charge is 2.52. The summed E-state index contributed by atoms with van der Waals surface area (Å²) in [5, 5.41) is 3.79. The fourth-order valence-electron chi connectivity index (χ4n) is 2.93. The first-order valence-corrected chi connectivity index (χ1v) is 9.41. The van der Waals surface area contributed by atoms with Crippen molar-refractivity contribution in [1.82, 2.24) is 0 Å². The van der Waals surface area contributed by atoms with Crippen molar-refractivity contribution >= 4 is 30.0 Å². The molecular formula is C20H19BF6N2O3. The molecule has 0 atom stereocenters. The van der Waals surface area contributed by atoms with Crippen molar-refractivity contribution in [3.63, 3.8) is 0 Å². The zero-order valence-corrected chi connectivity index (χ0v) is 17.5. The van der Waals surface area contributed by atoms with Gasteiger partial charge in [-0.05, 0) is 45.9 Å². The maximum absolute atomic E-state index is 14.6. The highest BCUT2D eigenvalue weighted by molar-refractivity contribution is 6.62. The lowest BCUT2D eigenvalue weighted by atomic mass is 9.78. The van der Waals surface area contributed by atoms with Crippen LogP contribution in [0, 0.1) is 17.5 Å². The molecule has 1 aliphatic rings. The van der Waals surface area contributed by atoms with Crippen molar-refractivity contribution < 1.29 is 40.4 Å². The van der Waals surface area contributed by atoms with E-state index in [-0.39, 0.29) is 5.46 Å². The van der Waals surface area contributed by atoms with E-state index in [2.05, 4.69) is 0 Å². The van der Waals surface area contributed by atoms with Crippen LogP contribution in [0.2, 0.25) is 0 Å². The Labute approximate surface area is 180 Å². The minimum Gasteiger partial charge on any atom is -0.399 e. The van der Waals surface area contributed by atoms with Crippen LogP contribution in [0.25, 0.3) is 0 Å². The molecule has 0 radical (unpaired) electrons. The molecule has 2 aromatic rings. The fraction of sp³-hybridized carbons (Fsp3) is 0.350. The standard InChI is InChI=1S/C20H19BF6N2O3/c1-18(2)19(3,4)32-21(31-18)11-8-13(23)15(9-12(11)22)29-17(30)28-14-7-5-6-10(16(14)24)20(25,26)27/h5-9H,1-4H3,(H2,28,29,30). The van der Waals surface area contributed by atoms with E-state index in [0.717, 1.165) is 18.2 Å². The summed E-state index contributed by atoms with van der Waals surface area (Å²) >= 11 is 0. The molecule has 172 valence electrons. The van der Waals surface area contributed by atoms with Gasteiger partial charge in [0, 0.05) is 11.5 Å². The van der Waals surface area contributed by atoms with Gasteiger partial charge in [-0.15, -0.1) is 0 Å². The van der Waals surface area contributed by atoms with Gasteiger partial charge < -0.3 is 19.9 Å². The summed E-state index contributed by atoms with van der Waals surface area (Å²) < 4.78 is 92.9. The van der Waals surface area contributed by atoms with Crippen molar-refractivity contribution in [2.24, 2.45) is 0 Å². The molecule has 12 heteroatoms. The van der Waals surface area contributed by atoms with E-state index in [1.807, 2.05) is 10.6 Å². The Hall–Kier alpha value is -2.73. The first-order valence-electron chi connectivity index (χ1n) is 9.41. The number of benzene rings is 2. The lowest BCUT2D eigenvalue weighted by Crippen LogP contribution is -2.41. The zero-order chi connectivity index (χ0) is 24.1. The second-order valence-electron chi connectivity index (χ2n) is 8.19. The van der Waals surface area contributed by atoms with E-state index in [4.69, 9.17) is 9.31 Å². The van der Waals surface area contributed by atoms with Crippen molar-refractivity contribution in [2.45, 2.75) is 45.1 Å². The van der Waals surface area contributed by atoms with Crippen LogP contribution in [0.3, 0.4) is 0 Å². The molecule has 2 N–H and O–H groups in total. The van der Waals surface area contributed by atoms with Gasteiger partial charge in [-0.3, -0.25) is 0 Å². The van der Waals surface area contributed by atoms with Gasteiger partial charge in [-0.2, -0.15) is 13.2 Å². The predicted molar refractivity (Wildman–Crippen MR) is 106 cm³/mol. The molecule has 2 aromatic carbocycles. The first-order chi connectivity index (χ1) is 14.6. The molecule has 0 aromatic heterocycles. The number of urea groups is 1. The fourth-order valence-corrected chi connectivity index (χ4v) is 2.93. The second kappa shape index (κ2) is 8.00. The van der Waals surface area contributed by atoms with Gasteiger partial charge in [0.1, 0.15) is 11.6 Å². The number of anilines is 2. The van der Waals surface area contributed by atoms with Crippen LogP contribution in [0.5, 0.6) is 0 Å². The minimum atomic E-state index is -4.98. The number of halogens is 6. The molecule has 1 saturated heterocycles. The number of nitrogens with one attached hydrogen (secondary N) is 2. The largest absolute Gasteiger partial charge is 0.497 e. The minimum absolute atomic E-state index is 0.240. The number of hydrogen-bond donors (Lipinski definition) is 2. The molecule has 3 rings (SSSR count). The third-order valence-corrected chi connectivity index (χ3v) is 5.39. The van der Waals surface area contributed by atoms with Crippen molar-refractivity contribution in [1.29, 1.82) is 0 Å². The van der Waals surface area contributed by atoms with Crippen LogP contribution in [-0.4, -0.2) is 24.4 Å². The average Bonchev–Trinajstić information content (AvgIpc) is 2.86. The third kappa shape index (κ3) is 4.56. The molecule has 5 nitrogen and oxygen atoms in total. The monoisotopic (exact) mass is 460 g/mol. The van der Waals surface area contributed by atoms with Gasteiger partial charge in [-0.1, -0.05) is 6.07 Å². The van der Waals surface area contributed by atoms with Crippen LogP contribution in [0.1, 0.15) is 33.3 Å². The molecule has 0 unspecified atom stereocenters. The number of hydrogen-bond acceptors (Lipinski definition) is 3. The summed E-state index contributed by atoms with van der Waals surface area (Å²) in [6.07, 6.45) is -4.98. The third-order valence-electron chi connectivity index (χ3n) is 5.39. The lowest BCUT2D eigenvalue weighted by Gasteiger charge is -2.32. The highest BCUT2D eigenvalue weighted by atomic mass is 19.4. The molecule has 32 heavy (non-hydrogen) atoms. The van der Waals surface area contributed by atoms with Gasteiger partial charge in [0.25, 0.3) is 0 Å². The first kappa shape index (κ1) is 23.9. The lowest BCUT2D eigenvalue weighted by molar-refractivity contribution is -0.139. The van der Waals surface area contributed by atoms with E-state index < -0.39 is 64.9 Å². The molecule has 1 aliphatic heterocycles. The summed E-state index contributed by atoms with van der Waals surface area (Å²) in [4.78, 5) is 12.1. The maximum Gasteiger partial charge on any atom is 0.497 e. The second-order valence-corrected chi connectivity index (χ2v) is 8.19. The van der Waals surface area contributed by atoms with Crippen LogP contribution < -0.4 is 16.1 Å². The Kier molecular flexibility index (Phi) is 5.98. The van der Waals surface area contributed by atoms with E-state index >= 15 is 0 Å². The van der Waals surface area contributed by atoms with Crippen LogP contribution in [-0.2, 0) is 15.5 Å². The number of amides is 2. The average molecular weight is 460 g/mol. The Morgan fingerprint density at radius 3 is 2.03 bits per heavy atom. The normalized spacial score (nSPS) is 17.4. The van der Waals surface area contributed by atoms with Crippen molar-refractivity contribution in [2.75, 3.05) is 10.6 Å². The topological polar surface area (TPSA) is 59.6 Å². The Morgan fingerprint density at radius 1 is 0.906 bits per heavy atom. The summed E-state index contributed by atoms with van der Waals surface area (Å²) in [6, 6.07) is 2.45. The predicted octanol–water partition coefficient (Wildman–Crippen LogP) is 5.07. The summed E-state index contributed by atoms with van der Waals surface area (Å²) in [5.41, 5.74) is -4.83. The molecule has 0 bridgehead atoms. The van der Waals surface area contributed by atoms with Gasteiger partial charge in [-0.25, -0.2) is 18.0 Å².